The molecule has 0 heterocycles. The predicted molar refractivity (Wildman–Crippen MR) is 77.4 cm³/mol. The van der Waals surface area contributed by atoms with Crippen molar-refractivity contribution >= 4 is 28.6 Å². The fraction of sp³-hybridized carbons (Fsp3) is 0.917. The Labute approximate surface area is 122 Å². The highest BCUT2D eigenvalue weighted by Gasteiger charge is 1.96. The van der Waals surface area contributed by atoms with Gasteiger partial charge in [0.25, 0.3) is 0 Å². The zero-order valence-corrected chi connectivity index (χ0v) is 12.9. The summed E-state index contributed by atoms with van der Waals surface area (Å²) in [5.41, 5.74) is 0. The number of ether oxygens (including phenoxy) is 3. The van der Waals surface area contributed by atoms with E-state index < -0.39 is 5.97 Å². The number of rotatable bonds is 14. The third-order valence-electron chi connectivity index (χ3n) is 2.14. The molecule has 0 rings (SSSR count). The molecule has 1 N–H and O–H groups in total. The molecule has 0 aliphatic rings. The molecular weight excluding hydrogens is 351 g/mol. The number of carbonyl (C=O) groups is 1. The van der Waals surface area contributed by atoms with Gasteiger partial charge in [-0.15, -0.1) is 0 Å². The maximum atomic E-state index is 10.1. The molecule has 0 atom stereocenters. The van der Waals surface area contributed by atoms with Crippen molar-refractivity contribution in [1.29, 1.82) is 0 Å². The van der Waals surface area contributed by atoms with Gasteiger partial charge in [-0.2, -0.15) is 0 Å². The van der Waals surface area contributed by atoms with Crippen molar-refractivity contribution in [3.05, 3.63) is 0 Å². The largest absolute Gasteiger partial charge is 0.480 e. The number of alkyl halides is 1. The number of aliphatic carboxylic acids is 1. The van der Waals surface area contributed by atoms with E-state index in [1.54, 1.807) is 0 Å². The third-order valence-corrected chi connectivity index (χ3v) is 2.90. The summed E-state index contributed by atoms with van der Waals surface area (Å²) in [4.78, 5) is 10.1. The minimum Gasteiger partial charge on any atom is -0.480 e. The Morgan fingerprint density at radius 1 is 0.833 bits per heavy atom. The summed E-state index contributed by atoms with van der Waals surface area (Å²) < 4.78 is 16.7. The third kappa shape index (κ3) is 16.1. The van der Waals surface area contributed by atoms with E-state index in [-0.39, 0.29) is 6.61 Å². The number of hydrogen-bond donors (Lipinski definition) is 1. The molecule has 0 aliphatic heterocycles. The van der Waals surface area contributed by atoms with Gasteiger partial charge >= 0.3 is 5.97 Å². The number of carboxylic acids is 1. The highest BCUT2D eigenvalue weighted by molar-refractivity contribution is 14.1. The van der Waals surface area contributed by atoms with Gasteiger partial charge < -0.3 is 19.3 Å². The fourth-order valence-corrected chi connectivity index (χ4v) is 1.79. The number of hydrogen-bond acceptors (Lipinski definition) is 4. The van der Waals surface area contributed by atoms with E-state index in [2.05, 4.69) is 22.6 Å². The molecule has 0 aromatic rings. The smallest absolute Gasteiger partial charge is 0.329 e. The van der Waals surface area contributed by atoms with Crippen molar-refractivity contribution in [2.24, 2.45) is 0 Å². The van der Waals surface area contributed by atoms with E-state index in [9.17, 15) is 4.79 Å². The topological polar surface area (TPSA) is 65.0 Å². The lowest BCUT2D eigenvalue weighted by Gasteiger charge is -2.05. The van der Waals surface area contributed by atoms with E-state index >= 15 is 0 Å². The van der Waals surface area contributed by atoms with Crippen molar-refractivity contribution in [2.45, 2.75) is 25.7 Å². The lowest BCUT2D eigenvalue weighted by Crippen LogP contribution is -2.13. The molecule has 6 heteroatoms. The molecule has 0 amide bonds. The minimum absolute atomic E-state index is 0.267. The lowest BCUT2D eigenvalue weighted by atomic mass is 10.2. The van der Waals surface area contributed by atoms with Crippen LogP contribution in [-0.4, -0.2) is 55.1 Å². The van der Waals surface area contributed by atoms with Crippen LogP contribution in [0.25, 0.3) is 0 Å². The normalized spacial score (nSPS) is 10.7. The van der Waals surface area contributed by atoms with E-state index in [1.165, 1.54) is 23.7 Å². The summed E-state index contributed by atoms with van der Waals surface area (Å²) in [5.74, 6) is -0.957. The van der Waals surface area contributed by atoms with Crippen molar-refractivity contribution in [3.63, 3.8) is 0 Å². The quantitative estimate of drug-likeness (QED) is 0.287. The SMILES string of the molecule is O=C(O)COCCOCCOCCCCCCI. The van der Waals surface area contributed by atoms with Crippen LogP contribution in [-0.2, 0) is 19.0 Å². The van der Waals surface area contributed by atoms with Crippen LogP contribution >= 0.6 is 22.6 Å². The molecule has 0 aliphatic carbocycles. The maximum Gasteiger partial charge on any atom is 0.329 e. The van der Waals surface area contributed by atoms with Gasteiger partial charge in [-0.25, -0.2) is 4.79 Å². The van der Waals surface area contributed by atoms with Gasteiger partial charge in [-0.1, -0.05) is 35.4 Å². The van der Waals surface area contributed by atoms with Crippen molar-refractivity contribution < 1.29 is 24.1 Å². The van der Waals surface area contributed by atoms with Gasteiger partial charge in [0, 0.05) is 6.61 Å². The van der Waals surface area contributed by atoms with E-state index in [0.29, 0.717) is 26.4 Å². The first-order valence-electron chi connectivity index (χ1n) is 6.28. The molecule has 0 saturated heterocycles. The lowest BCUT2D eigenvalue weighted by molar-refractivity contribution is -0.142. The monoisotopic (exact) mass is 374 g/mol. The Bertz CT molecular complexity index is 189. The minimum atomic E-state index is -0.957. The second-order valence-electron chi connectivity index (χ2n) is 3.77. The molecule has 108 valence electrons. The molecule has 0 unspecified atom stereocenters. The first-order chi connectivity index (χ1) is 8.77. The number of unbranched alkanes of at least 4 members (excludes halogenated alkanes) is 3. The van der Waals surface area contributed by atoms with Crippen LogP contribution in [0.3, 0.4) is 0 Å². The van der Waals surface area contributed by atoms with E-state index in [0.717, 1.165) is 13.0 Å². The van der Waals surface area contributed by atoms with E-state index in [1.807, 2.05) is 0 Å². The van der Waals surface area contributed by atoms with Crippen molar-refractivity contribution in [3.8, 4) is 0 Å². The molecule has 0 aromatic carbocycles. The second-order valence-corrected chi connectivity index (χ2v) is 4.85. The van der Waals surface area contributed by atoms with Gasteiger partial charge in [-0.05, 0) is 17.3 Å². The highest BCUT2D eigenvalue weighted by Crippen LogP contribution is 2.02. The number of carboxylic acid groups (broad SMARTS) is 1. The summed E-state index contributed by atoms with van der Waals surface area (Å²) >= 11 is 2.39. The van der Waals surface area contributed by atoms with Crippen LogP contribution in [0, 0.1) is 0 Å². The molecule has 0 saturated carbocycles. The van der Waals surface area contributed by atoms with Gasteiger partial charge in [0.1, 0.15) is 6.61 Å². The van der Waals surface area contributed by atoms with Crippen LogP contribution in [0.1, 0.15) is 25.7 Å². The molecule has 0 bridgehead atoms. The van der Waals surface area contributed by atoms with Gasteiger partial charge in [0.15, 0.2) is 0 Å². The summed E-state index contributed by atoms with van der Waals surface area (Å²) in [7, 11) is 0. The van der Waals surface area contributed by atoms with Crippen LogP contribution < -0.4 is 0 Å². The first kappa shape index (κ1) is 18.1. The molecule has 0 radical (unpaired) electrons. The van der Waals surface area contributed by atoms with Gasteiger partial charge in [-0.3, -0.25) is 0 Å². The standard InChI is InChI=1S/C12H23IO5/c13-5-3-1-2-4-6-16-7-8-17-9-10-18-11-12(14)15/h1-11H2,(H,14,15). The molecule has 0 spiro atoms. The molecular formula is C12H23IO5. The Morgan fingerprint density at radius 3 is 2.00 bits per heavy atom. The average molecular weight is 374 g/mol. The summed E-state index contributed by atoms with van der Waals surface area (Å²) in [6.07, 6.45) is 4.91. The summed E-state index contributed by atoms with van der Waals surface area (Å²) in [6.45, 7) is 2.36. The first-order valence-corrected chi connectivity index (χ1v) is 7.81. The molecule has 0 fully saturated rings. The Balaban J connectivity index is 2.92. The molecule has 5 nitrogen and oxygen atoms in total. The van der Waals surface area contributed by atoms with E-state index in [4.69, 9.17) is 19.3 Å². The van der Waals surface area contributed by atoms with Crippen LogP contribution in [0.5, 0.6) is 0 Å². The van der Waals surface area contributed by atoms with Crippen molar-refractivity contribution in [1.82, 2.24) is 0 Å². The Morgan fingerprint density at radius 2 is 1.39 bits per heavy atom. The number of halogens is 1. The highest BCUT2D eigenvalue weighted by atomic mass is 127. The van der Waals surface area contributed by atoms with Crippen LogP contribution in [0.2, 0.25) is 0 Å². The maximum absolute atomic E-state index is 10.1. The van der Waals surface area contributed by atoms with Gasteiger partial charge in [0.2, 0.25) is 0 Å². The summed E-state index contributed by atoms with van der Waals surface area (Å²) in [5, 5.41) is 8.30. The van der Waals surface area contributed by atoms with Crippen LogP contribution in [0.15, 0.2) is 0 Å². The second kappa shape index (κ2) is 15.1. The van der Waals surface area contributed by atoms with Crippen LogP contribution in [0.4, 0.5) is 0 Å². The average Bonchev–Trinajstić information content (AvgIpc) is 2.34. The zero-order chi connectivity index (χ0) is 13.5. The van der Waals surface area contributed by atoms with Crippen molar-refractivity contribution in [2.75, 3.05) is 44.1 Å². The molecule has 18 heavy (non-hydrogen) atoms. The predicted octanol–water partition coefficient (Wildman–Crippen LogP) is 2.12. The van der Waals surface area contributed by atoms with Gasteiger partial charge in [0.05, 0.1) is 26.4 Å². The Kier molecular flexibility index (Phi) is 15.2. The Hall–Kier alpha value is 0.0800. The summed E-state index contributed by atoms with van der Waals surface area (Å²) in [6, 6.07) is 0. The molecule has 0 aromatic heterocycles. The fourth-order valence-electron chi connectivity index (χ4n) is 1.25. The zero-order valence-electron chi connectivity index (χ0n) is 10.7.